The van der Waals surface area contributed by atoms with Crippen LogP contribution in [-0.4, -0.2) is 35.0 Å². The van der Waals surface area contributed by atoms with Crippen molar-refractivity contribution in [1.29, 1.82) is 0 Å². The van der Waals surface area contributed by atoms with Crippen LogP contribution in [0.2, 0.25) is 0 Å². The first-order valence-corrected chi connectivity index (χ1v) is 8.85. The van der Waals surface area contributed by atoms with E-state index in [0.29, 0.717) is 24.1 Å². The number of halogens is 1. The summed E-state index contributed by atoms with van der Waals surface area (Å²) in [6.07, 6.45) is 2.91. The molecule has 1 aliphatic heterocycles. The Balaban J connectivity index is 0.00000208. The summed E-state index contributed by atoms with van der Waals surface area (Å²) >= 11 is 1.53. The molecule has 132 valence electrons. The van der Waals surface area contributed by atoms with Gasteiger partial charge < -0.3 is 15.6 Å². The summed E-state index contributed by atoms with van der Waals surface area (Å²) in [5, 5.41) is 6.99. The maximum Gasteiger partial charge on any atom is 0.259 e. The van der Waals surface area contributed by atoms with Gasteiger partial charge >= 0.3 is 0 Å². The molecule has 3 heterocycles. The zero-order chi connectivity index (χ0) is 16.4. The molecule has 1 atom stereocenters. The lowest BCUT2D eigenvalue weighted by atomic mass is 10.1. The van der Waals surface area contributed by atoms with Crippen molar-refractivity contribution in [2.75, 3.05) is 13.1 Å². The van der Waals surface area contributed by atoms with Crippen molar-refractivity contribution in [1.82, 2.24) is 20.6 Å². The molecular formula is C16H23ClN4O2S. The number of hydrogen-bond donors (Lipinski definition) is 3. The number of thiophene rings is 1. The summed E-state index contributed by atoms with van der Waals surface area (Å²) in [7, 11) is 0. The fourth-order valence-corrected chi connectivity index (χ4v) is 3.97. The standard InChI is InChI=1S/C16H22N4O2S.ClH/c1-9-10(2)23-16-14(9)15(22)19-12(20-16)5-6-13(21)18-11-4-3-7-17-8-11;/h11,17H,3-8H2,1-2H3,(H,18,21)(H,19,20,22);1H/t11-;/m0./s1. The molecule has 1 amide bonds. The van der Waals surface area contributed by atoms with Crippen LogP contribution in [0.15, 0.2) is 4.79 Å². The zero-order valence-electron chi connectivity index (χ0n) is 13.9. The highest BCUT2D eigenvalue weighted by Crippen LogP contribution is 2.25. The second-order valence-electron chi connectivity index (χ2n) is 6.09. The number of nitrogens with one attached hydrogen (secondary N) is 3. The Labute approximate surface area is 150 Å². The molecule has 0 spiro atoms. The molecule has 3 N–H and O–H groups in total. The van der Waals surface area contributed by atoms with E-state index in [-0.39, 0.29) is 29.9 Å². The first kappa shape index (κ1) is 18.9. The molecule has 2 aromatic rings. The minimum absolute atomic E-state index is 0. The van der Waals surface area contributed by atoms with Gasteiger partial charge in [-0.25, -0.2) is 4.98 Å². The quantitative estimate of drug-likeness (QED) is 0.766. The van der Waals surface area contributed by atoms with Gasteiger partial charge in [0.2, 0.25) is 5.91 Å². The van der Waals surface area contributed by atoms with Crippen molar-refractivity contribution in [3.05, 3.63) is 26.6 Å². The molecule has 0 bridgehead atoms. The van der Waals surface area contributed by atoms with Crippen molar-refractivity contribution in [3.63, 3.8) is 0 Å². The molecule has 3 rings (SSSR count). The van der Waals surface area contributed by atoms with E-state index >= 15 is 0 Å². The average Bonchev–Trinajstić information content (AvgIpc) is 2.81. The molecule has 0 aliphatic carbocycles. The van der Waals surface area contributed by atoms with Crippen LogP contribution < -0.4 is 16.2 Å². The summed E-state index contributed by atoms with van der Waals surface area (Å²) in [5.41, 5.74) is 0.886. The van der Waals surface area contributed by atoms with Gasteiger partial charge in [-0.2, -0.15) is 0 Å². The number of H-pyrrole nitrogens is 1. The predicted molar refractivity (Wildman–Crippen MR) is 99.3 cm³/mol. The highest BCUT2D eigenvalue weighted by molar-refractivity contribution is 7.18. The lowest BCUT2D eigenvalue weighted by molar-refractivity contribution is -0.121. The van der Waals surface area contributed by atoms with E-state index in [2.05, 4.69) is 20.6 Å². The van der Waals surface area contributed by atoms with Crippen molar-refractivity contribution in [2.45, 2.75) is 45.6 Å². The number of piperidine rings is 1. The normalized spacial score (nSPS) is 17.5. The van der Waals surface area contributed by atoms with E-state index < -0.39 is 0 Å². The van der Waals surface area contributed by atoms with Gasteiger partial charge in [0, 0.05) is 30.3 Å². The first-order valence-electron chi connectivity index (χ1n) is 8.03. The number of aromatic amines is 1. The third kappa shape index (κ3) is 4.15. The van der Waals surface area contributed by atoms with E-state index in [9.17, 15) is 9.59 Å². The second-order valence-corrected chi connectivity index (χ2v) is 7.29. The third-order valence-corrected chi connectivity index (χ3v) is 5.44. The summed E-state index contributed by atoms with van der Waals surface area (Å²) in [4.78, 5) is 33.4. The number of nitrogens with zero attached hydrogens (tertiary/aromatic N) is 1. The Morgan fingerprint density at radius 1 is 1.42 bits per heavy atom. The third-order valence-electron chi connectivity index (χ3n) is 4.34. The van der Waals surface area contributed by atoms with E-state index in [1.54, 1.807) is 0 Å². The van der Waals surface area contributed by atoms with E-state index in [4.69, 9.17) is 0 Å². The van der Waals surface area contributed by atoms with Crippen LogP contribution in [0.3, 0.4) is 0 Å². The van der Waals surface area contributed by atoms with Gasteiger partial charge in [0.25, 0.3) is 5.56 Å². The molecule has 1 saturated heterocycles. The maximum absolute atomic E-state index is 12.2. The van der Waals surface area contributed by atoms with E-state index in [0.717, 1.165) is 41.2 Å². The number of aromatic nitrogens is 2. The molecule has 1 aliphatic rings. The molecule has 24 heavy (non-hydrogen) atoms. The van der Waals surface area contributed by atoms with Crippen molar-refractivity contribution >= 4 is 39.9 Å². The highest BCUT2D eigenvalue weighted by Gasteiger charge is 2.16. The van der Waals surface area contributed by atoms with Gasteiger partial charge in [-0.15, -0.1) is 23.7 Å². The minimum atomic E-state index is -0.108. The Morgan fingerprint density at radius 3 is 2.92 bits per heavy atom. The Morgan fingerprint density at radius 2 is 2.21 bits per heavy atom. The number of amides is 1. The SMILES string of the molecule is Cc1sc2nc(CCC(=O)N[C@H]3CCCNC3)[nH]c(=O)c2c1C.Cl. The lowest BCUT2D eigenvalue weighted by Crippen LogP contribution is -2.45. The van der Waals surface area contributed by atoms with Crippen LogP contribution in [0, 0.1) is 13.8 Å². The maximum atomic E-state index is 12.2. The Kier molecular flexibility index (Phi) is 6.37. The average molecular weight is 371 g/mol. The molecule has 0 radical (unpaired) electrons. The number of carbonyl (C=O) groups excluding carboxylic acids is 1. The molecule has 0 aromatic carbocycles. The molecule has 6 nitrogen and oxygen atoms in total. The Bertz CT molecular complexity index is 780. The van der Waals surface area contributed by atoms with Gasteiger partial charge in [-0.1, -0.05) is 0 Å². The van der Waals surface area contributed by atoms with Crippen molar-refractivity contribution in [2.24, 2.45) is 0 Å². The molecule has 2 aromatic heterocycles. The smallest absolute Gasteiger partial charge is 0.259 e. The number of rotatable bonds is 4. The van der Waals surface area contributed by atoms with E-state index in [1.165, 1.54) is 11.3 Å². The van der Waals surface area contributed by atoms with Crippen LogP contribution in [0.5, 0.6) is 0 Å². The van der Waals surface area contributed by atoms with Gasteiger partial charge in [0.1, 0.15) is 10.7 Å². The van der Waals surface area contributed by atoms with Crippen LogP contribution >= 0.6 is 23.7 Å². The Hall–Kier alpha value is -1.44. The summed E-state index contributed by atoms with van der Waals surface area (Å²) < 4.78 is 0. The lowest BCUT2D eigenvalue weighted by Gasteiger charge is -2.23. The van der Waals surface area contributed by atoms with Crippen LogP contribution in [0.4, 0.5) is 0 Å². The zero-order valence-corrected chi connectivity index (χ0v) is 15.5. The summed E-state index contributed by atoms with van der Waals surface area (Å²) in [5.74, 6) is 0.598. The first-order chi connectivity index (χ1) is 11.0. The van der Waals surface area contributed by atoms with Crippen LogP contribution in [0.25, 0.3) is 10.2 Å². The van der Waals surface area contributed by atoms with Gasteiger partial charge in [0.05, 0.1) is 5.39 Å². The fourth-order valence-electron chi connectivity index (χ4n) is 2.92. The summed E-state index contributed by atoms with van der Waals surface area (Å²) in [6.45, 7) is 5.79. The predicted octanol–water partition coefficient (Wildman–Crippen LogP) is 1.82. The second kappa shape index (κ2) is 8.09. The number of aryl methyl sites for hydroxylation is 3. The fraction of sp³-hybridized carbons (Fsp3) is 0.562. The molecule has 8 heteroatoms. The number of hydrogen-bond acceptors (Lipinski definition) is 5. The van der Waals surface area contributed by atoms with E-state index in [1.807, 2.05) is 13.8 Å². The molecule has 0 saturated carbocycles. The number of fused-ring (bicyclic) bond motifs is 1. The van der Waals surface area contributed by atoms with Crippen molar-refractivity contribution in [3.8, 4) is 0 Å². The summed E-state index contributed by atoms with van der Waals surface area (Å²) in [6, 6.07) is 0.216. The van der Waals surface area contributed by atoms with Gasteiger partial charge in [-0.05, 0) is 38.8 Å². The van der Waals surface area contributed by atoms with Crippen molar-refractivity contribution < 1.29 is 4.79 Å². The molecule has 1 fully saturated rings. The van der Waals surface area contributed by atoms with Gasteiger partial charge in [-0.3, -0.25) is 9.59 Å². The largest absolute Gasteiger partial charge is 0.352 e. The van der Waals surface area contributed by atoms with Crippen LogP contribution in [0.1, 0.15) is 35.5 Å². The topological polar surface area (TPSA) is 86.9 Å². The highest BCUT2D eigenvalue weighted by atomic mass is 35.5. The molecule has 0 unspecified atom stereocenters. The monoisotopic (exact) mass is 370 g/mol. The van der Waals surface area contributed by atoms with Crippen LogP contribution in [-0.2, 0) is 11.2 Å². The molecular weight excluding hydrogens is 348 g/mol. The minimum Gasteiger partial charge on any atom is -0.352 e. The van der Waals surface area contributed by atoms with Gasteiger partial charge in [0.15, 0.2) is 0 Å². The number of carbonyl (C=O) groups is 1.